The van der Waals surface area contributed by atoms with E-state index < -0.39 is 5.97 Å². The first-order valence-electron chi connectivity index (χ1n) is 9.09. The van der Waals surface area contributed by atoms with Crippen molar-refractivity contribution in [2.24, 2.45) is 0 Å². The highest BCUT2D eigenvalue weighted by molar-refractivity contribution is 5.76. The lowest BCUT2D eigenvalue weighted by Gasteiger charge is -2.33. The van der Waals surface area contributed by atoms with E-state index >= 15 is 0 Å². The monoisotopic (exact) mass is 359 g/mol. The number of carbonyl (C=O) groups excluding carboxylic acids is 1. The minimum Gasteiger partial charge on any atom is -0.480 e. The molecule has 8 nitrogen and oxygen atoms in total. The molecule has 0 radical (unpaired) electrons. The summed E-state index contributed by atoms with van der Waals surface area (Å²) in [5.74, 6) is 0.349. The number of amides is 1. The molecule has 1 atom stereocenters. The number of carbonyl (C=O) groups is 2. The lowest BCUT2D eigenvalue weighted by Crippen LogP contribution is -2.40. The van der Waals surface area contributed by atoms with E-state index in [-0.39, 0.29) is 18.4 Å². The second kappa shape index (κ2) is 8.16. The van der Waals surface area contributed by atoms with Gasteiger partial charge in [-0.25, -0.2) is 4.98 Å². The van der Waals surface area contributed by atoms with E-state index in [1.165, 1.54) is 4.68 Å². The highest BCUT2D eigenvalue weighted by Crippen LogP contribution is 2.27. The summed E-state index contributed by atoms with van der Waals surface area (Å²) in [6.45, 7) is 3.92. The van der Waals surface area contributed by atoms with Gasteiger partial charge in [0.1, 0.15) is 12.4 Å². The molecule has 26 heavy (non-hydrogen) atoms. The van der Waals surface area contributed by atoms with Gasteiger partial charge in [0.15, 0.2) is 0 Å². The van der Waals surface area contributed by atoms with Crippen molar-refractivity contribution < 1.29 is 14.7 Å². The van der Waals surface area contributed by atoms with Crippen molar-refractivity contribution in [3.8, 4) is 0 Å². The topological polar surface area (TPSA) is 93.3 Å². The van der Waals surface area contributed by atoms with Gasteiger partial charge in [-0.05, 0) is 18.9 Å². The van der Waals surface area contributed by atoms with Gasteiger partial charge in [-0.2, -0.15) is 5.10 Å². The predicted molar refractivity (Wildman–Crippen MR) is 94.6 cm³/mol. The van der Waals surface area contributed by atoms with Crippen molar-refractivity contribution in [3.63, 3.8) is 0 Å². The number of piperidine rings is 1. The van der Waals surface area contributed by atoms with Crippen LogP contribution in [-0.4, -0.2) is 54.3 Å². The van der Waals surface area contributed by atoms with Gasteiger partial charge in [0, 0.05) is 62.7 Å². The van der Waals surface area contributed by atoms with Crippen molar-refractivity contribution >= 4 is 11.9 Å². The summed E-state index contributed by atoms with van der Waals surface area (Å²) in [6.07, 6.45) is 8.46. The van der Waals surface area contributed by atoms with E-state index in [1.54, 1.807) is 12.4 Å². The summed E-state index contributed by atoms with van der Waals surface area (Å²) in [5, 5.41) is 13.1. The summed E-state index contributed by atoms with van der Waals surface area (Å²) in [6, 6.07) is 1.86. The second-order valence-electron chi connectivity index (χ2n) is 6.63. The van der Waals surface area contributed by atoms with Gasteiger partial charge in [0.05, 0.1) is 0 Å². The maximum absolute atomic E-state index is 12.6. The summed E-state index contributed by atoms with van der Waals surface area (Å²) in [4.78, 5) is 29.8. The van der Waals surface area contributed by atoms with Gasteiger partial charge in [-0.3, -0.25) is 14.3 Å². The molecule has 140 valence electrons. The van der Waals surface area contributed by atoms with Gasteiger partial charge < -0.3 is 14.6 Å². The number of carboxylic acids is 1. The summed E-state index contributed by atoms with van der Waals surface area (Å²) >= 11 is 0. The molecular weight excluding hydrogens is 334 g/mol. The van der Waals surface area contributed by atoms with Crippen molar-refractivity contribution in [3.05, 3.63) is 36.2 Å². The van der Waals surface area contributed by atoms with Crippen LogP contribution in [0.4, 0.5) is 0 Å². The van der Waals surface area contributed by atoms with Gasteiger partial charge in [-0.15, -0.1) is 0 Å². The zero-order valence-corrected chi connectivity index (χ0v) is 15.0. The van der Waals surface area contributed by atoms with E-state index in [2.05, 4.69) is 17.0 Å². The molecule has 3 heterocycles. The molecule has 0 spiro atoms. The largest absolute Gasteiger partial charge is 0.480 e. The third-order valence-corrected chi connectivity index (χ3v) is 4.91. The highest BCUT2D eigenvalue weighted by Gasteiger charge is 2.27. The number of hydrogen-bond donors (Lipinski definition) is 1. The Kier molecular flexibility index (Phi) is 5.70. The predicted octanol–water partition coefficient (Wildman–Crippen LogP) is 1.52. The molecular formula is C18H25N5O3. The van der Waals surface area contributed by atoms with Crippen molar-refractivity contribution in [2.75, 3.05) is 13.1 Å². The van der Waals surface area contributed by atoms with Gasteiger partial charge in [0.25, 0.3) is 0 Å². The van der Waals surface area contributed by atoms with Crippen molar-refractivity contribution in [2.45, 2.75) is 51.6 Å². The molecule has 2 aromatic rings. The van der Waals surface area contributed by atoms with Crippen LogP contribution in [0.15, 0.2) is 24.7 Å². The standard InChI is InChI=1S/C18H25N5O3/c1-2-16-19-8-11-21(16)10-6-17(24)22-9-3-4-14(12-22)15-5-7-20-23(15)13-18(25)26/h5,7-8,11,14H,2-4,6,9-10,12-13H2,1H3,(H,25,26)/t14-/m0/s1. The molecule has 0 unspecified atom stereocenters. The molecule has 8 heteroatoms. The van der Waals surface area contributed by atoms with Gasteiger partial charge >= 0.3 is 5.97 Å². The van der Waals surface area contributed by atoms with E-state index in [9.17, 15) is 9.59 Å². The first-order chi connectivity index (χ1) is 12.6. The number of hydrogen-bond acceptors (Lipinski definition) is 4. The van der Waals surface area contributed by atoms with E-state index in [1.807, 2.05) is 21.7 Å². The fourth-order valence-corrected chi connectivity index (χ4v) is 3.63. The van der Waals surface area contributed by atoms with Crippen LogP contribution in [-0.2, 0) is 29.1 Å². The van der Waals surface area contributed by atoms with Crippen LogP contribution in [0.25, 0.3) is 0 Å². The molecule has 1 aliphatic heterocycles. The van der Waals surface area contributed by atoms with Crippen LogP contribution in [0.5, 0.6) is 0 Å². The summed E-state index contributed by atoms with van der Waals surface area (Å²) < 4.78 is 3.56. The first kappa shape index (κ1) is 18.2. The molecule has 1 fully saturated rings. The van der Waals surface area contributed by atoms with Gasteiger partial charge in [-0.1, -0.05) is 6.92 Å². The molecule has 1 saturated heterocycles. The third-order valence-electron chi connectivity index (χ3n) is 4.91. The number of rotatable bonds is 7. The van der Waals surface area contributed by atoms with Crippen LogP contribution in [0.2, 0.25) is 0 Å². The molecule has 0 bridgehead atoms. The van der Waals surface area contributed by atoms with Crippen LogP contribution < -0.4 is 0 Å². The minimum atomic E-state index is -0.911. The molecule has 2 aromatic heterocycles. The Labute approximate surface area is 152 Å². The van der Waals surface area contributed by atoms with Gasteiger partial charge in [0.2, 0.25) is 5.91 Å². The second-order valence-corrected chi connectivity index (χ2v) is 6.63. The summed E-state index contributed by atoms with van der Waals surface area (Å²) in [7, 11) is 0. The quantitative estimate of drug-likeness (QED) is 0.809. The van der Waals surface area contributed by atoms with Crippen molar-refractivity contribution in [1.82, 2.24) is 24.2 Å². The number of imidazole rings is 1. The Bertz CT molecular complexity index is 766. The molecule has 0 aromatic carbocycles. The lowest BCUT2D eigenvalue weighted by atomic mass is 9.94. The average molecular weight is 359 g/mol. The smallest absolute Gasteiger partial charge is 0.325 e. The number of carboxylic acid groups (broad SMARTS) is 1. The zero-order chi connectivity index (χ0) is 18.5. The maximum atomic E-state index is 12.6. The number of aryl methyl sites for hydroxylation is 2. The Hall–Kier alpha value is -2.64. The third kappa shape index (κ3) is 4.12. The SMILES string of the molecule is CCc1nccn1CCC(=O)N1CCC[C@H](c2ccnn2CC(=O)O)C1. The normalized spacial score (nSPS) is 17.4. The first-order valence-corrected chi connectivity index (χ1v) is 9.09. The van der Waals surface area contributed by atoms with Crippen LogP contribution in [0.3, 0.4) is 0 Å². The van der Waals surface area contributed by atoms with E-state index in [4.69, 9.17) is 5.11 Å². The molecule has 1 amide bonds. The number of likely N-dealkylation sites (tertiary alicyclic amines) is 1. The average Bonchev–Trinajstić information content (AvgIpc) is 3.28. The van der Waals surface area contributed by atoms with Crippen molar-refractivity contribution in [1.29, 1.82) is 0 Å². The Morgan fingerprint density at radius 1 is 1.35 bits per heavy atom. The Balaban J connectivity index is 1.60. The molecule has 0 aliphatic carbocycles. The number of aliphatic carboxylic acids is 1. The fraction of sp³-hybridized carbons (Fsp3) is 0.556. The highest BCUT2D eigenvalue weighted by atomic mass is 16.4. The maximum Gasteiger partial charge on any atom is 0.325 e. The Morgan fingerprint density at radius 2 is 2.19 bits per heavy atom. The van der Waals surface area contributed by atoms with Crippen LogP contribution in [0.1, 0.15) is 43.6 Å². The molecule has 1 N–H and O–H groups in total. The van der Waals surface area contributed by atoms with E-state index in [0.717, 1.165) is 37.3 Å². The Morgan fingerprint density at radius 3 is 2.96 bits per heavy atom. The number of aromatic nitrogens is 4. The molecule has 0 saturated carbocycles. The fourth-order valence-electron chi connectivity index (χ4n) is 3.63. The minimum absolute atomic E-state index is 0.133. The van der Waals surface area contributed by atoms with E-state index in [0.29, 0.717) is 19.5 Å². The molecule has 3 rings (SSSR count). The van der Waals surface area contributed by atoms with Crippen LogP contribution in [0, 0.1) is 0 Å². The molecule has 1 aliphatic rings. The van der Waals surface area contributed by atoms with Crippen LogP contribution >= 0.6 is 0 Å². The lowest BCUT2D eigenvalue weighted by molar-refractivity contribution is -0.138. The zero-order valence-electron chi connectivity index (χ0n) is 15.0. The summed E-state index contributed by atoms with van der Waals surface area (Å²) in [5.41, 5.74) is 0.896. The number of nitrogens with zero attached hydrogens (tertiary/aromatic N) is 5.